The van der Waals surface area contributed by atoms with Crippen molar-refractivity contribution in [3.8, 4) is 16.9 Å². The van der Waals surface area contributed by atoms with Crippen LogP contribution in [0, 0.1) is 0 Å². The average Bonchev–Trinajstić information content (AvgIpc) is 3.61. The Balaban J connectivity index is 0.00000468. The number of fused-ring (bicyclic) bond motifs is 4. The molecule has 9 nitrogen and oxygen atoms in total. The number of para-hydroxylation sites is 1. The van der Waals surface area contributed by atoms with Crippen LogP contribution in [-0.4, -0.2) is 48.1 Å². The van der Waals surface area contributed by atoms with Crippen LogP contribution in [0.5, 0.6) is 5.75 Å². The molecule has 0 radical (unpaired) electrons. The molecule has 0 fully saturated rings. The van der Waals surface area contributed by atoms with Crippen LogP contribution < -0.4 is 10.1 Å². The summed E-state index contributed by atoms with van der Waals surface area (Å²) in [5.41, 5.74) is 5.71. The van der Waals surface area contributed by atoms with E-state index in [9.17, 15) is 14.4 Å². The fraction of sp³-hybridized carbons (Fsp3) is 0.275. The first-order valence-electron chi connectivity index (χ1n) is 15.8. The Labute approximate surface area is 286 Å². The van der Waals surface area contributed by atoms with Crippen molar-refractivity contribution in [2.75, 3.05) is 13.7 Å². The molecule has 1 atom stereocenters. The second kappa shape index (κ2) is 14.7. The molecule has 0 saturated carbocycles. The van der Waals surface area contributed by atoms with Crippen LogP contribution in [0.1, 0.15) is 56.4 Å². The minimum Gasteiger partial charge on any atom is -0.497 e. The highest BCUT2D eigenvalue weighted by atomic mass is 16.6. The Morgan fingerprint density at radius 3 is 2.06 bits per heavy atom. The van der Waals surface area contributed by atoms with E-state index in [0.29, 0.717) is 16.8 Å². The van der Waals surface area contributed by atoms with Crippen molar-refractivity contribution in [1.82, 2.24) is 9.88 Å². The lowest BCUT2D eigenvalue weighted by Crippen LogP contribution is -2.43. The molecule has 4 aromatic carbocycles. The Bertz CT molecular complexity index is 1910. The van der Waals surface area contributed by atoms with Gasteiger partial charge >= 0.3 is 18.2 Å². The number of benzene rings is 4. The number of esters is 1. The van der Waals surface area contributed by atoms with Crippen LogP contribution in [0.4, 0.5) is 9.59 Å². The third-order valence-corrected chi connectivity index (χ3v) is 8.27. The number of carbonyl (C=O) groups excluding carboxylic acids is 3. The number of rotatable bonds is 9. The average molecular weight is 663 g/mol. The highest BCUT2D eigenvalue weighted by Gasteiger charge is 2.31. The summed E-state index contributed by atoms with van der Waals surface area (Å²) < 4.78 is 23.7. The Morgan fingerprint density at radius 1 is 0.816 bits per heavy atom. The van der Waals surface area contributed by atoms with E-state index in [1.54, 1.807) is 64.4 Å². The van der Waals surface area contributed by atoms with Crippen molar-refractivity contribution in [3.63, 3.8) is 0 Å². The van der Waals surface area contributed by atoms with Crippen molar-refractivity contribution in [2.24, 2.45) is 0 Å². The molecule has 6 rings (SSSR count). The molecule has 254 valence electrons. The molecule has 0 saturated heterocycles. The third kappa shape index (κ3) is 7.78. The summed E-state index contributed by atoms with van der Waals surface area (Å²) in [5.74, 6) is -0.106. The minimum atomic E-state index is -1.11. The van der Waals surface area contributed by atoms with E-state index in [1.165, 1.54) is 4.57 Å². The highest BCUT2D eigenvalue weighted by Crippen LogP contribution is 2.44. The van der Waals surface area contributed by atoms with Gasteiger partial charge in [0.1, 0.15) is 30.6 Å². The van der Waals surface area contributed by atoms with Gasteiger partial charge in [-0.15, -0.1) is 0 Å². The third-order valence-electron chi connectivity index (χ3n) is 8.27. The molecular formula is C40H42N2O7. The molecule has 1 heterocycles. The van der Waals surface area contributed by atoms with Crippen LogP contribution in [0.25, 0.3) is 22.0 Å². The normalized spacial score (nSPS) is 12.7. The number of alkyl carbamates (subject to hydrolysis) is 1. The number of nitrogens with zero attached hydrogens (tertiary/aromatic N) is 1. The summed E-state index contributed by atoms with van der Waals surface area (Å²) in [7, 11) is 1.58. The van der Waals surface area contributed by atoms with Crippen molar-refractivity contribution < 1.29 is 33.3 Å². The monoisotopic (exact) mass is 662 g/mol. The molecule has 0 bridgehead atoms. The lowest BCUT2D eigenvalue weighted by molar-refractivity contribution is -0.147. The van der Waals surface area contributed by atoms with Crippen molar-refractivity contribution in [2.45, 2.75) is 58.8 Å². The van der Waals surface area contributed by atoms with Gasteiger partial charge in [-0.05, 0) is 72.4 Å². The minimum absolute atomic E-state index is 0. The number of hydrogen-bond donors (Lipinski definition) is 1. The Kier molecular flexibility index (Phi) is 10.4. The van der Waals surface area contributed by atoms with Gasteiger partial charge in [0.05, 0.1) is 12.6 Å². The predicted molar refractivity (Wildman–Crippen MR) is 189 cm³/mol. The number of amides is 1. The van der Waals surface area contributed by atoms with E-state index in [1.807, 2.05) is 54.6 Å². The fourth-order valence-electron chi connectivity index (χ4n) is 6.05. The summed E-state index contributed by atoms with van der Waals surface area (Å²) >= 11 is 0. The summed E-state index contributed by atoms with van der Waals surface area (Å²) in [6, 6.07) is 29.5. The first kappa shape index (κ1) is 34.8. The lowest BCUT2D eigenvalue weighted by atomic mass is 9.98. The SMILES string of the molecule is C.COc1ccc(COC(=O)[C@@H](Cc2cn(C(=O)OC(C)(C)C)c3ccccc23)NC(=O)OCC2c3ccccc3-c3ccccc32)cc1. The van der Waals surface area contributed by atoms with E-state index >= 15 is 0 Å². The Hall–Kier alpha value is -5.57. The van der Waals surface area contributed by atoms with E-state index in [0.717, 1.165) is 33.2 Å². The van der Waals surface area contributed by atoms with Crippen LogP contribution >= 0.6 is 0 Å². The van der Waals surface area contributed by atoms with Crippen LogP contribution in [-0.2, 0) is 32.0 Å². The molecule has 1 aliphatic carbocycles. The standard InChI is InChI=1S/C39H38N2O7.CH4/c1-39(2,3)48-38(44)41-22-26(28-11-9-10-16-35(28)41)21-34(36(42)46-23-25-17-19-27(45-4)20-18-25)40-37(43)47-24-33-31-14-7-5-12-29(31)30-13-6-8-15-32(30)33;/h5-20,22,33-34H,21,23-24H2,1-4H3,(H,40,43);1H4/t34-;/m1./s1. The number of hydrogen-bond acceptors (Lipinski definition) is 7. The van der Waals surface area contributed by atoms with E-state index in [-0.39, 0.29) is 33.0 Å². The quantitative estimate of drug-likeness (QED) is 0.125. The number of ether oxygens (including phenoxy) is 4. The number of methoxy groups -OCH3 is 1. The van der Waals surface area contributed by atoms with Gasteiger partial charge in [0.15, 0.2) is 0 Å². The summed E-state index contributed by atoms with van der Waals surface area (Å²) in [4.78, 5) is 40.1. The zero-order valence-electron chi connectivity index (χ0n) is 27.4. The maximum absolute atomic E-state index is 13.6. The summed E-state index contributed by atoms with van der Waals surface area (Å²) in [6.45, 7) is 5.47. The lowest BCUT2D eigenvalue weighted by Gasteiger charge is -2.20. The van der Waals surface area contributed by atoms with E-state index in [4.69, 9.17) is 18.9 Å². The van der Waals surface area contributed by atoms with Gasteiger partial charge in [-0.3, -0.25) is 4.57 Å². The molecule has 0 unspecified atom stereocenters. The van der Waals surface area contributed by atoms with Gasteiger partial charge in [0, 0.05) is 23.9 Å². The highest BCUT2D eigenvalue weighted by molar-refractivity contribution is 5.93. The van der Waals surface area contributed by atoms with Crippen molar-refractivity contribution >= 4 is 29.1 Å². The molecule has 1 aliphatic rings. The first-order chi connectivity index (χ1) is 23.1. The second-order valence-corrected chi connectivity index (χ2v) is 12.7. The molecule has 1 aromatic heterocycles. The number of nitrogens with one attached hydrogen (secondary N) is 1. The second-order valence-electron chi connectivity index (χ2n) is 12.7. The zero-order valence-corrected chi connectivity index (χ0v) is 27.4. The zero-order chi connectivity index (χ0) is 33.8. The Morgan fingerprint density at radius 2 is 1.43 bits per heavy atom. The van der Waals surface area contributed by atoms with Gasteiger partial charge < -0.3 is 24.3 Å². The maximum Gasteiger partial charge on any atom is 0.419 e. The summed E-state index contributed by atoms with van der Waals surface area (Å²) in [5, 5.41) is 3.49. The van der Waals surface area contributed by atoms with Crippen LogP contribution in [0.15, 0.2) is 103 Å². The number of aromatic nitrogens is 1. The van der Waals surface area contributed by atoms with Gasteiger partial charge in [-0.2, -0.15) is 0 Å². The molecule has 1 N–H and O–H groups in total. The van der Waals surface area contributed by atoms with E-state index in [2.05, 4.69) is 17.4 Å². The molecule has 5 aromatic rings. The molecule has 9 heteroatoms. The molecular weight excluding hydrogens is 620 g/mol. The van der Waals surface area contributed by atoms with Gasteiger partial charge in [0.2, 0.25) is 0 Å². The smallest absolute Gasteiger partial charge is 0.419 e. The summed E-state index contributed by atoms with van der Waals surface area (Å²) in [6.07, 6.45) is 0.386. The van der Waals surface area contributed by atoms with E-state index < -0.39 is 29.8 Å². The maximum atomic E-state index is 13.6. The molecule has 1 amide bonds. The fourth-order valence-corrected chi connectivity index (χ4v) is 6.05. The molecule has 0 aliphatic heterocycles. The largest absolute Gasteiger partial charge is 0.497 e. The molecule has 0 spiro atoms. The van der Waals surface area contributed by atoms with Gasteiger partial charge in [0.25, 0.3) is 0 Å². The topological polar surface area (TPSA) is 105 Å². The first-order valence-corrected chi connectivity index (χ1v) is 15.8. The van der Waals surface area contributed by atoms with Crippen LogP contribution in [0.3, 0.4) is 0 Å². The number of carbonyl (C=O) groups is 3. The predicted octanol–water partition coefficient (Wildman–Crippen LogP) is 8.26. The van der Waals surface area contributed by atoms with Crippen molar-refractivity contribution in [1.29, 1.82) is 0 Å². The molecule has 49 heavy (non-hydrogen) atoms. The van der Waals surface area contributed by atoms with Gasteiger partial charge in [-0.25, -0.2) is 14.4 Å². The van der Waals surface area contributed by atoms with Crippen LogP contribution in [0.2, 0.25) is 0 Å². The van der Waals surface area contributed by atoms with Gasteiger partial charge in [-0.1, -0.05) is 86.3 Å². The van der Waals surface area contributed by atoms with Crippen molar-refractivity contribution in [3.05, 3.63) is 126 Å².